The number of thioether (sulfide) groups is 1. The summed E-state index contributed by atoms with van der Waals surface area (Å²) in [6.45, 7) is 2.90. The molecule has 0 amide bonds. The first kappa shape index (κ1) is 21.6. The second-order valence-electron chi connectivity index (χ2n) is 7.94. The Balaban J connectivity index is 1.37. The summed E-state index contributed by atoms with van der Waals surface area (Å²) in [6, 6.07) is 18.1. The summed E-state index contributed by atoms with van der Waals surface area (Å²) in [5.74, 6) is 2.05. The maximum atomic E-state index is 11.6. The van der Waals surface area contributed by atoms with Crippen LogP contribution in [0.15, 0.2) is 59.8 Å². The molecule has 3 aromatic rings. The quantitative estimate of drug-likeness (QED) is 0.407. The molecular formula is C24H28N4O2S. The summed E-state index contributed by atoms with van der Waals surface area (Å²) in [4.78, 5) is 14.1. The zero-order valence-electron chi connectivity index (χ0n) is 18.0. The van der Waals surface area contributed by atoms with Crippen molar-refractivity contribution in [1.82, 2.24) is 19.7 Å². The highest BCUT2D eigenvalue weighted by Crippen LogP contribution is 2.29. The Morgan fingerprint density at radius 2 is 1.87 bits per heavy atom. The summed E-state index contributed by atoms with van der Waals surface area (Å²) in [5.41, 5.74) is 3.08. The first-order valence-electron chi connectivity index (χ1n) is 10.6. The number of esters is 1. The minimum atomic E-state index is -0.298. The average molecular weight is 437 g/mol. The van der Waals surface area contributed by atoms with Gasteiger partial charge in [0.25, 0.3) is 0 Å². The molecule has 1 aliphatic heterocycles. The minimum absolute atomic E-state index is 0.298. The van der Waals surface area contributed by atoms with Crippen LogP contribution in [0.5, 0.6) is 0 Å². The van der Waals surface area contributed by atoms with E-state index in [0.717, 1.165) is 49.2 Å². The summed E-state index contributed by atoms with van der Waals surface area (Å²) in [6.07, 6.45) is 2.28. The molecule has 0 aliphatic carbocycles. The van der Waals surface area contributed by atoms with E-state index in [-0.39, 0.29) is 5.97 Å². The van der Waals surface area contributed by atoms with Gasteiger partial charge in [-0.25, -0.2) is 4.79 Å². The van der Waals surface area contributed by atoms with E-state index in [1.165, 1.54) is 18.2 Å². The molecule has 0 unspecified atom stereocenters. The van der Waals surface area contributed by atoms with E-state index >= 15 is 0 Å². The number of hydrogen-bond acceptors (Lipinski definition) is 6. The van der Waals surface area contributed by atoms with E-state index in [2.05, 4.69) is 51.0 Å². The second-order valence-corrected chi connectivity index (χ2v) is 8.88. The van der Waals surface area contributed by atoms with Crippen molar-refractivity contribution in [2.45, 2.75) is 36.2 Å². The number of piperidine rings is 1. The van der Waals surface area contributed by atoms with E-state index in [1.54, 1.807) is 11.8 Å². The zero-order valence-corrected chi connectivity index (χ0v) is 18.8. The molecule has 7 heteroatoms. The van der Waals surface area contributed by atoms with E-state index in [0.29, 0.717) is 11.5 Å². The molecule has 1 aliphatic rings. The lowest BCUT2D eigenvalue weighted by atomic mass is 9.96. The predicted octanol–water partition coefficient (Wildman–Crippen LogP) is 4.27. The fourth-order valence-electron chi connectivity index (χ4n) is 4.06. The number of carbonyl (C=O) groups is 1. The van der Waals surface area contributed by atoms with Crippen LogP contribution in [0, 0.1) is 0 Å². The lowest BCUT2D eigenvalue weighted by Crippen LogP contribution is -2.34. The number of aromatic nitrogens is 3. The zero-order chi connectivity index (χ0) is 21.6. The molecule has 1 fully saturated rings. The van der Waals surface area contributed by atoms with Gasteiger partial charge in [0, 0.05) is 31.8 Å². The topological polar surface area (TPSA) is 60.2 Å². The Kier molecular flexibility index (Phi) is 7.04. The molecule has 0 N–H and O–H groups in total. The maximum Gasteiger partial charge on any atom is 0.337 e. The monoisotopic (exact) mass is 436 g/mol. The molecule has 162 valence electrons. The highest BCUT2D eigenvalue weighted by Gasteiger charge is 2.26. The largest absolute Gasteiger partial charge is 0.465 e. The molecule has 0 spiro atoms. The van der Waals surface area contributed by atoms with Crippen molar-refractivity contribution in [1.29, 1.82) is 0 Å². The Morgan fingerprint density at radius 3 is 2.61 bits per heavy atom. The van der Waals surface area contributed by atoms with Crippen LogP contribution in [0.3, 0.4) is 0 Å². The maximum absolute atomic E-state index is 11.6. The molecule has 2 heterocycles. The Labute approximate surface area is 187 Å². The van der Waals surface area contributed by atoms with Crippen LogP contribution in [0.25, 0.3) is 0 Å². The summed E-state index contributed by atoms with van der Waals surface area (Å²) < 4.78 is 6.94. The highest BCUT2D eigenvalue weighted by molar-refractivity contribution is 7.98. The molecule has 4 rings (SSSR count). The van der Waals surface area contributed by atoms with Gasteiger partial charge in [0.15, 0.2) is 5.16 Å². The van der Waals surface area contributed by atoms with Gasteiger partial charge in [-0.15, -0.1) is 10.2 Å². The van der Waals surface area contributed by atoms with Crippen molar-refractivity contribution < 1.29 is 9.53 Å². The van der Waals surface area contributed by atoms with Crippen LogP contribution < -0.4 is 0 Å². The van der Waals surface area contributed by atoms with Gasteiger partial charge in [-0.05, 0) is 42.6 Å². The first-order valence-corrected chi connectivity index (χ1v) is 11.6. The number of ether oxygens (including phenoxy) is 1. The summed E-state index contributed by atoms with van der Waals surface area (Å²) >= 11 is 1.73. The van der Waals surface area contributed by atoms with Crippen LogP contribution >= 0.6 is 11.8 Å². The average Bonchev–Trinajstić information content (AvgIpc) is 3.19. The van der Waals surface area contributed by atoms with Crippen molar-refractivity contribution in [3.8, 4) is 0 Å². The number of hydrogen-bond donors (Lipinski definition) is 0. The summed E-state index contributed by atoms with van der Waals surface area (Å²) in [5, 5.41) is 9.98. The fourth-order valence-corrected chi connectivity index (χ4v) is 4.94. The van der Waals surface area contributed by atoms with Crippen molar-refractivity contribution in [3.05, 3.63) is 77.1 Å². The number of carbonyl (C=O) groups excluding carboxylic acids is 1. The van der Waals surface area contributed by atoms with Crippen LogP contribution in [-0.2, 0) is 24.1 Å². The van der Waals surface area contributed by atoms with Crippen molar-refractivity contribution in [2.24, 2.45) is 7.05 Å². The minimum Gasteiger partial charge on any atom is -0.465 e. The predicted molar refractivity (Wildman–Crippen MR) is 122 cm³/mol. The standard InChI is InChI=1S/C24H28N4O2S/c1-27-22(25-26-24(27)31-17-19-7-4-3-5-8-19)21-9-6-14-28(16-21)15-18-10-12-20(13-11-18)23(29)30-2/h3-5,7-8,10-13,21H,6,9,14-17H2,1-2H3/t21-/m1/s1. The normalized spacial score (nSPS) is 16.9. The Morgan fingerprint density at radius 1 is 1.10 bits per heavy atom. The van der Waals surface area contributed by atoms with Crippen LogP contribution in [0.4, 0.5) is 0 Å². The molecule has 0 saturated carbocycles. The van der Waals surface area contributed by atoms with Gasteiger partial charge in [-0.3, -0.25) is 4.90 Å². The van der Waals surface area contributed by atoms with Crippen LogP contribution in [0.2, 0.25) is 0 Å². The van der Waals surface area contributed by atoms with Gasteiger partial charge in [0.05, 0.1) is 12.7 Å². The van der Waals surface area contributed by atoms with Crippen molar-refractivity contribution in [3.63, 3.8) is 0 Å². The summed E-state index contributed by atoms with van der Waals surface area (Å²) in [7, 11) is 3.48. The van der Waals surface area contributed by atoms with Gasteiger partial charge in [0.2, 0.25) is 0 Å². The van der Waals surface area contributed by atoms with E-state index in [1.807, 2.05) is 30.3 Å². The Hall–Kier alpha value is -2.64. The van der Waals surface area contributed by atoms with Gasteiger partial charge < -0.3 is 9.30 Å². The number of rotatable bonds is 7. The third-order valence-electron chi connectivity index (χ3n) is 5.73. The van der Waals surface area contributed by atoms with E-state index < -0.39 is 0 Å². The van der Waals surface area contributed by atoms with Crippen LogP contribution in [-0.4, -0.2) is 45.8 Å². The third kappa shape index (κ3) is 5.35. The molecule has 6 nitrogen and oxygen atoms in total. The number of methoxy groups -OCH3 is 1. The van der Waals surface area contributed by atoms with E-state index in [4.69, 9.17) is 4.74 Å². The molecule has 0 bridgehead atoms. The highest BCUT2D eigenvalue weighted by atomic mass is 32.2. The molecular weight excluding hydrogens is 408 g/mol. The lowest BCUT2D eigenvalue weighted by molar-refractivity contribution is 0.0600. The van der Waals surface area contributed by atoms with Gasteiger partial charge in [0.1, 0.15) is 5.82 Å². The van der Waals surface area contributed by atoms with Crippen molar-refractivity contribution >= 4 is 17.7 Å². The molecule has 1 atom stereocenters. The van der Waals surface area contributed by atoms with Crippen molar-refractivity contribution in [2.75, 3.05) is 20.2 Å². The number of likely N-dealkylation sites (tertiary alicyclic amines) is 1. The molecule has 31 heavy (non-hydrogen) atoms. The van der Waals surface area contributed by atoms with E-state index in [9.17, 15) is 4.79 Å². The lowest BCUT2D eigenvalue weighted by Gasteiger charge is -2.32. The first-order chi connectivity index (χ1) is 15.1. The SMILES string of the molecule is COC(=O)c1ccc(CN2CCC[C@@H](c3nnc(SCc4ccccc4)n3C)C2)cc1. The second kappa shape index (κ2) is 10.1. The van der Waals surface area contributed by atoms with Gasteiger partial charge in [-0.1, -0.05) is 54.2 Å². The fraction of sp³-hybridized carbons (Fsp3) is 0.375. The molecule has 2 aromatic carbocycles. The number of benzene rings is 2. The molecule has 1 aromatic heterocycles. The number of nitrogens with zero attached hydrogens (tertiary/aromatic N) is 4. The van der Waals surface area contributed by atoms with Gasteiger partial charge >= 0.3 is 5.97 Å². The Bertz CT molecular complexity index is 1000. The smallest absolute Gasteiger partial charge is 0.337 e. The molecule has 0 radical (unpaired) electrons. The molecule has 1 saturated heterocycles. The van der Waals surface area contributed by atoms with Gasteiger partial charge in [-0.2, -0.15) is 0 Å². The third-order valence-corrected chi connectivity index (χ3v) is 6.82. The van der Waals surface area contributed by atoms with Crippen LogP contribution in [0.1, 0.15) is 46.1 Å².